The third-order valence-electron chi connectivity index (χ3n) is 5.91. The summed E-state index contributed by atoms with van der Waals surface area (Å²) in [7, 11) is 1.66. The Morgan fingerprint density at radius 2 is 1.93 bits per heavy atom. The van der Waals surface area contributed by atoms with Crippen LogP contribution in [0.4, 0.5) is 0 Å². The fourth-order valence-electron chi connectivity index (χ4n) is 4.31. The molecule has 0 radical (unpaired) electrons. The molecule has 2 fully saturated rings. The average molecular weight is 375 g/mol. The highest BCUT2D eigenvalue weighted by Crippen LogP contribution is 2.24. The van der Waals surface area contributed by atoms with Crippen molar-refractivity contribution < 1.29 is 9.53 Å². The summed E-state index contributed by atoms with van der Waals surface area (Å²) >= 11 is 0. The topological polar surface area (TPSA) is 57.7 Å². The second-order valence-electron chi connectivity index (χ2n) is 7.87. The molecular formula is C21H34N4O2. The zero-order valence-electron chi connectivity index (χ0n) is 16.8. The molecule has 1 aromatic rings. The van der Waals surface area contributed by atoms with Gasteiger partial charge in [-0.2, -0.15) is 0 Å². The van der Waals surface area contributed by atoms with Gasteiger partial charge in [-0.15, -0.1) is 0 Å². The number of methoxy groups -OCH3 is 1. The van der Waals surface area contributed by atoms with Gasteiger partial charge in [-0.1, -0.05) is 6.07 Å². The Kier molecular flexibility index (Phi) is 7.61. The van der Waals surface area contributed by atoms with E-state index in [1.807, 2.05) is 0 Å². The maximum absolute atomic E-state index is 12.2. The fraction of sp³-hybridized carbons (Fsp3) is 0.714. The maximum atomic E-state index is 12.2. The molecule has 0 atom stereocenters. The molecule has 27 heavy (non-hydrogen) atoms. The normalized spacial score (nSPS) is 20.7. The molecule has 0 saturated carbocycles. The molecule has 6 nitrogen and oxygen atoms in total. The lowest BCUT2D eigenvalue weighted by Crippen LogP contribution is -2.49. The van der Waals surface area contributed by atoms with Crippen molar-refractivity contribution in [3.63, 3.8) is 0 Å². The number of rotatable bonds is 7. The standard InChI is InChI=1S/C21H34N4O2/c1-17-4-3-5-19(23-17)16-24-11-8-20(9-12-24)25-13-6-18(7-14-25)21(26)22-10-15-27-2/h3-5,18,20H,6-16H2,1-2H3,(H,22,26). The zero-order valence-corrected chi connectivity index (χ0v) is 16.8. The molecule has 2 aliphatic rings. The van der Waals surface area contributed by atoms with E-state index in [1.54, 1.807) is 7.11 Å². The molecule has 3 rings (SSSR count). The summed E-state index contributed by atoms with van der Waals surface area (Å²) in [5, 5.41) is 2.99. The van der Waals surface area contributed by atoms with Crippen LogP contribution in [0.25, 0.3) is 0 Å². The van der Waals surface area contributed by atoms with Crippen molar-refractivity contribution in [2.24, 2.45) is 5.92 Å². The fourth-order valence-corrected chi connectivity index (χ4v) is 4.31. The molecule has 1 amide bonds. The highest BCUT2D eigenvalue weighted by Gasteiger charge is 2.30. The van der Waals surface area contributed by atoms with Crippen LogP contribution in [-0.2, 0) is 16.1 Å². The van der Waals surface area contributed by atoms with Crippen molar-refractivity contribution in [1.82, 2.24) is 20.1 Å². The van der Waals surface area contributed by atoms with E-state index < -0.39 is 0 Å². The summed E-state index contributed by atoms with van der Waals surface area (Å²) in [6.45, 7) is 8.58. The quantitative estimate of drug-likeness (QED) is 0.738. The Balaban J connectivity index is 1.37. The van der Waals surface area contributed by atoms with E-state index in [9.17, 15) is 4.79 Å². The van der Waals surface area contributed by atoms with Crippen LogP contribution in [0.3, 0.4) is 0 Å². The van der Waals surface area contributed by atoms with E-state index in [2.05, 4.69) is 45.2 Å². The van der Waals surface area contributed by atoms with Crippen molar-refractivity contribution in [2.45, 2.75) is 45.2 Å². The van der Waals surface area contributed by atoms with E-state index in [0.29, 0.717) is 19.2 Å². The predicted octanol–water partition coefficient (Wildman–Crippen LogP) is 1.83. The second-order valence-corrected chi connectivity index (χ2v) is 7.87. The summed E-state index contributed by atoms with van der Waals surface area (Å²) in [6, 6.07) is 6.95. The monoisotopic (exact) mass is 374 g/mol. The number of aryl methyl sites for hydroxylation is 1. The summed E-state index contributed by atoms with van der Waals surface area (Å²) in [6.07, 6.45) is 4.39. The van der Waals surface area contributed by atoms with Gasteiger partial charge in [0.05, 0.1) is 12.3 Å². The number of carbonyl (C=O) groups excluding carboxylic acids is 1. The van der Waals surface area contributed by atoms with Crippen molar-refractivity contribution in [3.8, 4) is 0 Å². The lowest BCUT2D eigenvalue weighted by Gasteiger charge is -2.41. The van der Waals surface area contributed by atoms with Crippen molar-refractivity contribution in [2.75, 3.05) is 46.4 Å². The highest BCUT2D eigenvalue weighted by atomic mass is 16.5. The first kappa shape index (κ1) is 20.2. The summed E-state index contributed by atoms with van der Waals surface area (Å²) in [5.74, 6) is 0.373. The van der Waals surface area contributed by atoms with Gasteiger partial charge < -0.3 is 15.0 Å². The average Bonchev–Trinajstić information content (AvgIpc) is 2.69. The summed E-state index contributed by atoms with van der Waals surface area (Å²) in [4.78, 5) is 22.0. The molecule has 0 aromatic carbocycles. The molecule has 0 spiro atoms. The van der Waals surface area contributed by atoms with E-state index in [4.69, 9.17) is 4.74 Å². The molecule has 150 valence electrons. The Labute approximate surface area is 163 Å². The Morgan fingerprint density at radius 3 is 2.59 bits per heavy atom. The number of piperidine rings is 2. The van der Waals surface area contributed by atoms with Crippen LogP contribution >= 0.6 is 0 Å². The number of amides is 1. The van der Waals surface area contributed by atoms with E-state index in [1.165, 1.54) is 18.5 Å². The van der Waals surface area contributed by atoms with Gasteiger partial charge in [-0.3, -0.25) is 14.7 Å². The highest BCUT2D eigenvalue weighted by molar-refractivity contribution is 5.78. The van der Waals surface area contributed by atoms with Gasteiger partial charge in [0.25, 0.3) is 0 Å². The van der Waals surface area contributed by atoms with Gasteiger partial charge in [-0.05, 0) is 57.8 Å². The molecule has 0 unspecified atom stereocenters. The third-order valence-corrected chi connectivity index (χ3v) is 5.91. The minimum atomic E-state index is 0.172. The van der Waals surface area contributed by atoms with Gasteiger partial charge in [0.2, 0.25) is 5.91 Å². The van der Waals surface area contributed by atoms with Gasteiger partial charge in [0, 0.05) is 50.9 Å². The van der Waals surface area contributed by atoms with Crippen molar-refractivity contribution in [1.29, 1.82) is 0 Å². The summed E-state index contributed by atoms with van der Waals surface area (Å²) < 4.78 is 5.00. The number of ether oxygens (including phenoxy) is 1. The van der Waals surface area contributed by atoms with Gasteiger partial charge in [0.1, 0.15) is 0 Å². The van der Waals surface area contributed by atoms with Gasteiger partial charge in [-0.25, -0.2) is 0 Å². The number of nitrogens with one attached hydrogen (secondary N) is 1. The van der Waals surface area contributed by atoms with Crippen molar-refractivity contribution in [3.05, 3.63) is 29.6 Å². The summed E-state index contributed by atoms with van der Waals surface area (Å²) in [5.41, 5.74) is 2.27. The first-order valence-corrected chi connectivity index (χ1v) is 10.3. The molecule has 2 aliphatic heterocycles. The molecule has 0 bridgehead atoms. The van der Waals surface area contributed by atoms with E-state index >= 15 is 0 Å². The zero-order chi connectivity index (χ0) is 19.1. The van der Waals surface area contributed by atoms with Gasteiger partial charge >= 0.3 is 0 Å². The largest absolute Gasteiger partial charge is 0.383 e. The van der Waals surface area contributed by atoms with E-state index in [-0.39, 0.29) is 11.8 Å². The van der Waals surface area contributed by atoms with Crippen LogP contribution < -0.4 is 5.32 Å². The number of aromatic nitrogens is 1. The van der Waals surface area contributed by atoms with Crippen LogP contribution in [0, 0.1) is 12.8 Å². The van der Waals surface area contributed by atoms with Gasteiger partial charge in [0.15, 0.2) is 0 Å². The number of hydrogen-bond donors (Lipinski definition) is 1. The number of pyridine rings is 1. The molecule has 1 aromatic heterocycles. The van der Waals surface area contributed by atoms with E-state index in [0.717, 1.165) is 51.3 Å². The molecular weight excluding hydrogens is 340 g/mol. The minimum absolute atomic E-state index is 0.172. The third kappa shape index (κ3) is 5.99. The molecule has 3 heterocycles. The SMILES string of the molecule is COCCNC(=O)C1CCN(C2CCN(Cc3cccc(C)n3)CC2)CC1. The van der Waals surface area contributed by atoms with Crippen LogP contribution in [0.5, 0.6) is 0 Å². The number of hydrogen-bond acceptors (Lipinski definition) is 5. The Bertz CT molecular complexity index is 594. The predicted molar refractivity (Wildman–Crippen MR) is 106 cm³/mol. The van der Waals surface area contributed by atoms with Crippen LogP contribution in [0.2, 0.25) is 0 Å². The number of likely N-dealkylation sites (tertiary alicyclic amines) is 2. The van der Waals surface area contributed by atoms with Crippen LogP contribution in [0.1, 0.15) is 37.1 Å². The molecule has 0 aliphatic carbocycles. The molecule has 1 N–H and O–H groups in total. The maximum Gasteiger partial charge on any atom is 0.223 e. The first-order chi connectivity index (χ1) is 13.2. The second kappa shape index (κ2) is 10.2. The van der Waals surface area contributed by atoms with Crippen LogP contribution in [0.15, 0.2) is 18.2 Å². The van der Waals surface area contributed by atoms with Crippen molar-refractivity contribution >= 4 is 5.91 Å². The molecule has 6 heteroatoms. The molecule has 2 saturated heterocycles. The first-order valence-electron chi connectivity index (χ1n) is 10.3. The number of carbonyl (C=O) groups is 1. The minimum Gasteiger partial charge on any atom is -0.383 e. The smallest absolute Gasteiger partial charge is 0.223 e. The Hall–Kier alpha value is -1.50. The lowest BCUT2D eigenvalue weighted by molar-refractivity contribution is -0.126. The lowest BCUT2D eigenvalue weighted by atomic mass is 9.92. The number of nitrogens with zero attached hydrogens (tertiary/aromatic N) is 3. The Morgan fingerprint density at radius 1 is 1.19 bits per heavy atom. The van der Waals surface area contributed by atoms with Crippen LogP contribution in [-0.4, -0.2) is 73.2 Å².